The molecule has 1 aliphatic heterocycles. The maximum absolute atomic E-state index is 12.3. The van der Waals surface area contributed by atoms with Gasteiger partial charge in [0.2, 0.25) is 5.91 Å². The van der Waals surface area contributed by atoms with Crippen LogP contribution in [0.4, 0.5) is 0 Å². The van der Waals surface area contributed by atoms with Crippen LogP contribution < -0.4 is 10.1 Å². The number of hydrogen-bond acceptors (Lipinski definition) is 4. The second-order valence-corrected chi connectivity index (χ2v) is 6.45. The fourth-order valence-corrected chi connectivity index (χ4v) is 3.20. The Balaban J connectivity index is 1.27. The van der Waals surface area contributed by atoms with Gasteiger partial charge in [-0.3, -0.25) is 19.3 Å². The number of carbonyl (C=O) groups is 3. The van der Waals surface area contributed by atoms with Gasteiger partial charge in [-0.1, -0.05) is 42.5 Å². The first-order chi connectivity index (χ1) is 13.6. The summed E-state index contributed by atoms with van der Waals surface area (Å²) in [5.41, 5.74) is 0.667. The van der Waals surface area contributed by atoms with Crippen LogP contribution in [-0.4, -0.2) is 42.3 Å². The molecule has 0 atom stereocenters. The van der Waals surface area contributed by atoms with Gasteiger partial charge in [0, 0.05) is 0 Å². The lowest BCUT2D eigenvalue weighted by Crippen LogP contribution is -2.41. The van der Waals surface area contributed by atoms with Crippen molar-refractivity contribution < 1.29 is 19.1 Å². The summed E-state index contributed by atoms with van der Waals surface area (Å²) in [5.74, 6) is -0.573. The Bertz CT molecular complexity index is 1040. The lowest BCUT2D eigenvalue weighted by molar-refractivity contribution is -0.121. The van der Waals surface area contributed by atoms with E-state index in [1.54, 1.807) is 24.3 Å². The second-order valence-electron chi connectivity index (χ2n) is 6.45. The van der Waals surface area contributed by atoms with E-state index in [1.807, 2.05) is 42.5 Å². The van der Waals surface area contributed by atoms with Gasteiger partial charge >= 0.3 is 0 Å². The number of ether oxygens (including phenoxy) is 1. The third kappa shape index (κ3) is 3.44. The van der Waals surface area contributed by atoms with Crippen LogP contribution in [0.1, 0.15) is 20.7 Å². The van der Waals surface area contributed by atoms with E-state index >= 15 is 0 Å². The van der Waals surface area contributed by atoms with Gasteiger partial charge in [0.25, 0.3) is 11.8 Å². The molecule has 0 aromatic heterocycles. The monoisotopic (exact) mass is 374 g/mol. The van der Waals surface area contributed by atoms with E-state index in [0.717, 1.165) is 15.7 Å². The van der Waals surface area contributed by atoms with Crippen molar-refractivity contribution in [3.8, 4) is 5.75 Å². The zero-order chi connectivity index (χ0) is 19.5. The predicted molar refractivity (Wildman–Crippen MR) is 104 cm³/mol. The van der Waals surface area contributed by atoms with E-state index in [1.165, 1.54) is 0 Å². The van der Waals surface area contributed by atoms with Crippen molar-refractivity contribution in [3.05, 3.63) is 77.9 Å². The smallest absolute Gasteiger partial charge is 0.262 e. The van der Waals surface area contributed by atoms with Crippen LogP contribution in [-0.2, 0) is 4.79 Å². The number of hydrogen-bond donors (Lipinski definition) is 1. The standard InChI is InChI=1S/C22H18N2O4/c25-20(14-24-21(26)18-7-3-4-8-19(18)22(24)27)23-11-12-28-17-10-9-15-5-1-2-6-16(15)13-17/h1-10,13H,11-12,14H2,(H,23,25). The molecule has 28 heavy (non-hydrogen) atoms. The zero-order valence-corrected chi connectivity index (χ0v) is 15.1. The number of nitrogens with zero attached hydrogens (tertiary/aromatic N) is 1. The van der Waals surface area contributed by atoms with Crippen LogP contribution in [0.25, 0.3) is 10.8 Å². The van der Waals surface area contributed by atoms with Crippen molar-refractivity contribution >= 4 is 28.5 Å². The molecule has 0 spiro atoms. The van der Waals surface area contributed by atoms with Crippen LogP contribution >= 0.6 is 0 Å². The molecule has 0 aliphatic carbocycles. The Kier molecular flexibility index (Phi) is 4.76. The molecule has 6 nitrogen and oxygen atoms in total. The van der Waals surface area contributed by atoms with E-state index in [4.69, 9.17) is 4.74 Å². The van der Waals surface area contributed by atoms with Crippen LogP contribution in [0.3, 0.4) is 0 Å². The third-order valence-corrected chi connectivity index (χ3v) is 4.59. The van der Waals surface area contributed by atoms with Crippen LogP contribution in [0, 0.1) is 0 Å². The highest BCUT2D eigenvalue weighted by atomic mass is 16.5. The van der Waals surface area contributed by atoms with E-state index in [9.17, 15) is 14.4 Å². The quantitative estimate of drug-likeness (QED) is 0.532. The highest BCUT2D eigenvalue weighted by molar-refractivity contribution is 6.22. The fraction of sp³-hybridized carbons (Fsp3) is 0.136. The summed E-state index contributed by atoms with van der Waals surface area (Å²) in [4.78, 5) is 37.6. The number of nitrogens with one attached hydrogen (secondary N) is 1. The first-order valence-electron chi connectivity index (χ1n) is 8.97. The molecule has 3 amide bonds. The molecule has 0 saturated heterocycles. The molecule has 1 N–H and O–H groups in total. The van der Waals surface area contributed by atoms with Gasteiger partial charge in [0.1, 0.15) is 18.9 Å². The fourth-order valence-electron chi connectivity index (χ4n) is 3.20. The molecule has 0 bridgehead atoms. The summed E-state index contributed by atoms with van der Waals surface area (Å²) in [6.07, 6.45) is 0. The van der Waals surface area contributed by atoms with E-state index in [2.05, 4.69) is 5.32 Å². The zero-order valence-electron chi connectivity index (χ0n) is 15.1. The van der Waals surface area contributed by atoms with Gasteiger partial charge in [-0.25, -0.2) is 0 Å². The number of fused-ring (bicyclic) bond motifs is 2. The van der Waals surface area contributed by atoms with Crippen LogP contribution in [0.5, 0.6) is 5.75 Å². The SMILES string of the molecule is O=C(CN1C(=O)c2ccccc2C1=O)NCCOc1ccc2ccccc2c1. The second kappa shape index (κ2) is 7.52. The Hall–Kier alpha value is -3.67. The first-order valence-corrected chi connectivity index (χ1v) is 8.97. The van der Waals surface area contributed by atoms with Gasteiger partial charge in [0.05, 0.1) is 17.7 Å². The maximum atomic E-state index is 12.3. The molecule has 140 valence electrons. The van der Waals surface area contributed by atoms with Gasteiger partial charge in [-0.05, 0) is 35.0 Å². The molecule has 0 unspecified atom stereocenters. The van der Waals surface area contributed by atoms with Crippen molar-refractivity contribution in [3.63, 3.8) is 0 Å². The van der Waals surface area contributed by atoms with E-state index < -0.39 is 17.7 Å². The highest BCUT2D eigenvalue weighted by Gasteiger charge is 2.36. The average molecular weight is 374 g/mol. The topological polar surface area (TPSA) is 75.7 Å². The number of rotatable bonds is 6. The molecule has 0 radical (unpaired) electrons. The van der Waals surface area contributed by atoms with Gasteiger partial charge in [0.15, 0.2) is 0 Å². The van der Waals surface area contributed by atoms with E-state index in [0.29, 0.717) is 16.9 Å². The summed E-state index contributed by atoms with van der Waals surface area (Å²) < 4.78 is 5.67. The maximum Gasteiger partial charge on any atom is 0.262 e. The Morgan fingerprint density at radius 2 is 1.50 bits per heavy atom. The third-order valence-electron chi connectivity index (χ3n) is 4.59. The molecule has 0 saturated carbocycles. The molecular formula is C22H18N2O4. The summed E-state index contributed by atoms with van der Waals surface area (Å²) in [7, 11) is 0. The number of imide groups is 1. The van der Waals surface area contributed by atoms with Crippen molar-refractivity contribution in [1.29, 1.82) is 0 Å². The number of amides is 3. The molecule has 3 aromatic rings. The minimum Gasteiger partial charge on any atom is -0.492 e. The molecule has 1 aliphatic rings. The highest BCUT2D eigenvalue weighted by Crippen LogP contribution is 2.22. The van der Waals surface area contributed by atoms with Crippen LogP contribution in [0.2, 0.25) is 0 Å². The Labute approximate surface area is 161 Å². The summed E-state index contributed by atoms with van der Waals surface area (Å²) in [5, 5.41) is 4.88. The average Bonchev–Trinajstić information content (AvgIpc) is 2.96. The molecule has 4 rings (SSSR count). The van der Waals surface area contributed by atoms with Gasteiger partial charge in [-0.2, -0.15) is 0 Å². The first kappa shape index (κ1) is 17.7. The molecule has 1 heterocycles. The number of carbonyl (C=O) groups excluding carboxylic acids is 3. The molecular weight excluding hydrogens is 356 g/mol. The summed E-state index contributed by atoms with van der Waals surface area (Å²) >= 11 is 0. The summed E-state index contributed by atoms with van der Waals surface area (Å²) in [6.45, 7) is 0.253. The molecule has 3 aromatic carbocycles. The largest absolute Gasteiger partial charge is 0.492 e. The Morgan fingerprint density at radius 3 is 2.21 bits per heavy atom. The van der Waals surface area contributed by atoms with E-state index in [-0.39, 0.29) is 19.7 Å². The molecule has 0 fully saturated rings. The predicted octanol–water partition coefficient (Wildman–Crippen LogP) is 2.63. The van der Waals surface area contributed by atoms with Crippen molar-refractivity contribution in [2.24, 2.45) is 0 Å². The minimum atomic E-state index is -0.442. The lowest BCUT2D eigenvalue weighted by atomic mass is 10.1. The lowest BCUT2D eigenvalue weighted by Gasteiger charge is -2.14. The van der Waals surface area contributed by atoms with Crippen molar-refractivity contribution in [1.82, 2.24) is 10.2 Å². The Morgan fingerprint density at radius 1 is 0.857 bits per heavy atom. The summed E-state index contributed by atoms with van der Waals surface area (Å²) in [6, 6.07) is 20.3. The molecule has 6 heteroatoms. The number of benzene rings is 3. The van der Waals surface area contributed by atoms with Crippen molar-refractivity contribution in [2.75, 3.05) is 19.7 Å². The van der Waals surface area contributed by atoms with Crippen molar-refractivity contribution in [2.45, 2.75) is 0 Å². The minimum absolute atomic E-state index is 0.273. The van der Waals surface area contributed by atoms with Gasteiger partial charge in [-0.15, -0.1) is 0 Å². The normalized spacial score (nSPS) is 12.9. The van der Waals surface area contributed by atoms with Crippen LogP contribution in [0.15, 0.2) is 66.7 Å². The van der Waals surface area contributed by atoms with Gasteiger partial charge < -0.3 is 10.1 Å².